The number of nitrogens with zero attached hydrogens (tertiary/aromatic N) is 2. The fraction of sp³-hybridized carbons (Fsp3) is 0.0345. The van der Waals surface area contributed by atoms with Gasteiger partial charge in [0.2, 0.25) is 0 Å². The average molecular weight is 431 g/mol. The Labute approximate surface area is 192 Å². The van der Waals surface area contributed by atoms with Gasteiger partial charge in [0, 0.05) is 22.4 Å². The molecule has 0 aliphatic carbocycles. The van der Waals surface area contributed by atoms with Crippen LogP contribution in [0.5, 0.6) is 5.75 Å². The molecule has 1 aromatic heterocycles. The third-order valence-corrected chi connectivity index (χ3v) is 5.53. The molecule has 5 rings (SSSR count). The lowest BCUT2D eigenvalue weighted by Gasteiger charge is -2.12. The zero-order chi connectivity index (χ0) is 22.6. The second-order valence-corrected chi connectivity index (χ2v) is 7.67. The van der Waals surface area contributed by atoms with E-state index in [0.29, 0.717) is 11.3 Å². The first-order chi connectivity index (χ1) is 16.2. The van der Waals surface area contributed by atoms with Crippen LogP contribution in [0.1, 0.15) is 16.1 Å². The van der Waals surface area contributed by atoms with E-state index in [-0.39, 0.29) is 0 Å². The molecule has 0 aliphatic heterocycles. The molecule has 4 aromatic carbocycles. The molecule has 4 heteroatoms. The first-order valence-electron chi connectivity index (χ1n) is 10.8. The molecule has 0 atom stereocenters. The Morgan fingerprint density at radius 1 is 0.727 bits per heavy atom. The Bertz CT molecular complexity index is 1390. The van der Waals surface area contributed by atoms with Crippen molar-refractivity contribution in [3.63, 3.8) is 0 Å². The summed E-state index contributed by atoms with van der Waals surface area (Å²) < 4.78 is 7.81. The Balaban J connectivity index is 1.67. The largest absolute Gasteiger partial charge is 0.422 e. The van der Waals surface area contributed by atoms with Crippen LogP contribution >= 0.6 is 0 Å². The van der Waals surface area contributed by atoms with E-state index in [1.54, 1.807) is 12.1 Å². The van der Waals surface area contributed by atoms with Crippen molar-refractivity contribution in [3.8, 4) is 33.8 Å². The van der Waals surface area contributed by atoms with Gasteiger partial charge in [0.05, 0.1) is 11.3 Å². The van der Waals surface area contributed by atoms with Crippen LogP contribution in [-0.2, 0) is 0 Å². The average Bonchev–Trinajstić information content (AvgIpc) is 3.23. The van der Waals surface area contributed by atoms with Gasteiger partial charge in [0.1, 0.15) is 11.4 Å². The van der Waals surface area contributed by atoms with Gasteiger partial charge >= 0.3 is 5.97 Å². The summed E-state index contributed by atoms with van der Waals surface area (Å²) in [4.78, 5) is 12.8. The van der Waals surface area contributed by atoms with E-state index in [2.05, 4.69) is 0 Å². The molecule has 1 heterocycles. The van der Waals surface area contributed by atoms with E-state index in [1.807, 2.05) is 115 Å². The Hall–Kier alpha value is -4.44. The summed E-state index contributed by atoms with van der Waals surface area (Å²) in [5, 5.41) is 4.98. The summed E-state index contributed by atoms with van der Waals surface area (Å²) in [5.41, 5.74) is 6.02. The van der Waals surface area contributed by atoms with E-state index in [4.69, 9.17) is 9.84 Å². The summed E-state index contributed by atoms with van der Waals surface area (Å²) >= 11 is 0. The molecule has 0 aliphatic rings. The van der Waals surface area contributed by atoms with E-state index < -0.39 is 5.97 Å². The van der Waals surface area contributed by atoms with Gasteiger partial charge in [-0.1, -0.05) is 84.9 Å². The van der Waals surface area contributed by atoms with Crippen molar-refractivity contribution in [1.82, 2.24) is 9.78 Å². The Morgan fingerprint density at radius 3 is 2.00 bits per heavy atom. The molecule has 0 bridgehead atoms. The predicted molar refractivity (Wildman–Crippen MR) is 131 cm³/mol. The van der Waals surface area contributed by atoms with Crippen LogP contribution in [0, 0.1) is 6.92 Å². The smallest absolute Gasteiger partial charge is 0.343 e. The highest BCUT2D eigenvalue weighted by Crippen LogP contribution is 2.40. The highest BCUT2D eigenvalue weighted by Gasteiger charge is 2.22. The van der Waals surface area contributed by atoms with Gasteiger partial charge in [-0.3, -0.25) is 0 Å². The molecule has 0 unspecified atom stereocenters. The Kier molecular flexibility index (Phi) is 5.56. The number of aromatic nitrogens is 2. The maximum absolute atomic E-state index is 12.8. The normalized spacial score (nSPS) is 10.7. The van der Waals surface area contributed by atoms with Gasteiger partial charge < -0.3 is 4.74 Å². The monoisotopic (exact) mass is 430 g/mol. The van der Waals surface area contributed by atoms with Crippen molar-refractivity contribution < 1.29 is 9.53 Å². The highest BCUT2D eigenvalue weighted by atomic mass is 16.5. The van der Waals surface area contributed by atoms with Crippen LogP contribution in [-0.4, -0.2) is 15.7 Å². The second kappa shape index (κ2) is 8.97. The minimum absolute atomic E-state index is 0.391. The van der Waals surface area contributed by atoms with Crippen molar-refractivity contribution in [2.75, 3.05) is 0 Å². The van der Waals surface area contributed by atoms with Gasteiger partial charge in [0.15, 0.2) is 0 Å². The molecule has 0 amide bonds. The number of rotatable bonds is 5. The third-order valence-electron chi connectivity index (χ3n) is 5.53. The van der Waals surface area contributed by atoms with Crippen molar-refractivity contribution >= 4 is 5.97 Å². The van der Waals surface area contributed by atoms with Gasteiger partial charge in [-0.25, -0.2) is 9.48 Å². The lowest BCUT2D eigenvalue weighted by molar-refractivity contribution is 0.0735. The van der Waals surface area contributed by atoms with Crippen LogP contribution in [0.3, 0.4) is 0 Å². The standard InChI is InChI=1S/C29H22N2O2/c1-21-27(25-19-11-12-20-26(25)33-29(32)23-15-7-3-8-16-23)28(22-13-5-2-6-14-22)30-31(21)24-17-9-4-10-18-24/h2-20H,1H3. The summed E-state index contributed by atoms with van der Waals surface area (Å²) in [6.07, 6.45) is 0. The minimum atomic E-state index is -0.391. The second-order valence-electron chi connectivity index (χ2n) is 7.67. The zero-order valence-corrected chi connectivity index (χ0v) is 18.2. The van der Waals surface area contributed by atoms with Crippen LogP contribution < -0.4 is 4.74 Å². The third kappa shape index (κ3) is 4.06. The molecule has 0 N–H and O–H groups in total. The SMILES string of the molecule is Cc1c(-c2ccccc2OC(=O)c2ccccc2)c(-c2ccccc2)nn1-c1ccccc1. The molecule has 4 nitrogen and oxygen atoms in total. The molecule has 5 aromatic rings. The molecule has 0 spiro atoms. The summed E-state index contributed by atoms with van der Waals surface area (Å²) in [7, 11) is 0. The number of carbonyl (C=O) groups excluding carboxylic acids is 1. The number of ether oxygens (including phenoxy) is 1. The number of carbonyl (C=O) groups is 1. The maximum Gasteiger partial charge on any atom is 0.343 e. The lowest BCUT2D eigenvalue weighted by atomic mass is 9.98. The van der Waals surface area contributed by atoms with Crippen molar-refractivity contribution in [1.29, 1.82) is 0 Å². The summed E-state index contributed by atoms with van der Waals surface area (Å²) in [6.45, 7) is 2.04. The fourth-order valence-electron chi connectivity index (χ4n) is 3.94. The van der Waals surface area contributed by atoms with Crippen LogP contribution in [0.4, 0.5) is 0 Å². The van der Waals surface area contributed by atoms with Crippen LogP contribution in [0.25, 0.3) is 28.1 Å². The van der Waals surface area contributed by atoms with E-state index in [9.17, 15) is 4.79 Å². The Morgan fingerprint density at radius 2 is 1.30 bits per heavy atom. The molecule has 0 saturated carbocycles. The molecular weight excluding hydrogens is 408 g/mol. The van der Waals surface area contributed by atoms with Crippen LogP contribution in [0.15, 0.2) is 115 Å². The van der Waals surface area contributed by atoms with Crippen LogP contribution in [0.2, 0.25) is 0 Å². The quantitative estimate of drug-likeness (QED) is 0.229. The van der Waals surface area contributed by atoms with E-state index >= 15 is 0 Å². The molecular formula is C29H22N2O2. The maximum atomic E-state index is 12.8. The highest BCUT2D eigenvalue weighted by molar-refractivity contribution is 5.93. The topological polar surface area (TPSA) is 44.1 Å². The predicted octanol–water partition coefficient (Wildman–Crippen LogP) is 6.73. The molecule has 33 heavy (non-hydrogen) atoms. The molecule has 0 radical (unpaired) electrons. The van der Waals surface area contributed by atoms with Gasteiger partial charge in [-0.05, 0) is 37.3 Å². The zero-order valence-electron chi connectivity index (χ0n) is 18.2. The fourth-order valence-corrected chi connectivity index (χ4v) is 3.94. The minimum Gasteiger partial charge on any atom is -0.422 e. The van der Waals surface area contributed by atoms with E-state index in [1.165, 1.54) is 0 Å². The van der Waals surface area contributed by atoms with Gasteiger partial charge in [-0.2, -0.15) is 5.10 Å². The number of benzene rings is 4. The van der Waals surface area contributed by atoms with Crippen molar-refractivity contribution in [2.24, 2.45) is 0 Å². The molecule has 0 fully saturated rings. The first-order valence-corrected chi connectivity index (χ1v) is 10.8. The summed E-state index contributed by atoms with van der Waals surface area (Å²) in [5.74, 6) is 0.108. The number of esters is 1. The van der Waals surface area contributed by atoms with Crippen molar-refractivity contribution in [3.05, 3.63) is 127 Å². The van der Waals surface area contributed by atoms with Gasteiger partial charge in [-0.15, -0.1) is 0 Å². The van der Waals surface area contributed by atoms with Crippen molar-refractivity contribution in [2.45, 2.75) is 6.92 Å². The summed E-state index contributed by atoms with van der Waals surface area (Å²) in [6, 6.07) is 36.7. The van der Waals surface area contributed by atoms with Gasteiger partial charge in [0.25, 0.3) is 0 Å². The number of para-hydroxylation sites is 2. The number of hydrogen-bond acceptors (Lipinski definition) is 3. The van der Waals surface area contributed by atoms with E-state index in [0.717, 1.165) is 33.8 Å². The number of hydrogen-bond donors (Lipinski definition) is 0. The first kappa shape index (κ1) is 20.5. The lowest BCUT2D eigenvalue weighted by Crippen LogP contribution is -2.09. The molecule has 160 valence electrons. The molecule has 0 saturated heterocycles.